The molecule has 1 fully saturated rings. The standard InChI is InChI=1S/C56H62FN9O13/c1-4-56(77)35-20-41-50-33(26-66(41)53(75)34(35)27-79-54(56)76)49-38(15-14-32-30(2)37(57)21-39(63-50)48(32)49)64-51(73)36-22-55(36,3)28-78-29-61-44(69)24-60-52(74)40(19-31-11-7-5-8-12-31)62-45(70)25-59-43(68)23-58-42(67)13-9-6-10-18-65-46(71)16-17-47(65)72/h5,7-8,11-12,16-17,20-21,36,38,40,77H,4,6,9-10,13-15,18-19,22-29H2,1-3H3,(H,58,67)(H,59,68)(H,60,74)(H,61,69)(H,62,70)(H,64,73)/t36-,38+,40+,55-,56+/m1/s1. The highest BCUT2D eigenvalue weighted by molar-refractivity contribution is 6.12. The molecule has 22 nitrogen and oxygen atoms in total. The van der Waals surface area contributed by atoms with Crippen LogP contribution in [-0.2, 0) is 84.2 Å². The predicted molar refractivity (Wildman–Crippen MR) is 279 cm³/mol. The van der Waals surface area contributed by atoms with Crippen LogP contribution in [0.2, 0.25) is 0 Å². The van der Waals surface area contributed by atoms with Crippen LogP contribution in [0.15, 0.2) is 59.4 Å². The molecule has 9 rings (SSSR count). The molecule has 0 saturated heterocycles. The quantitative estimate of drug-likeness (QED) is 0.0210. The average Bonchev–Trinajstić information content (AvgIpc) is 3.80. The predicted octanol–water partition coefficient (Wildman–Crippen LogP) is 1.31. The van der Waals surface area contributed by atoms with Gasteiger partial charge in [-0.3, -0.25) is 48.1 Å². The van der Waals surface area contributed by atoms with Gasteiger partial charge < -0.3 is 51.0 Å². The lowest BCUT2D eigenvalue weighted by Gasteiger charge is -2.31. The molecular formula is C56H62FN9O13. The molecule has 0 bridgehead atoms. The Balaban J connectivity index is 0.736. The van der Waals surface area contributed by atoms with E-state index in [9.17, 15) is 53.1 Å². The van der Waals surface area contributed by atoms with Crippen molar-refractivity contribution in [3.8, 4) is 11.4 Å². The molecule has 79 heavy (non-hydrogen) atoms. The van der Waals surface area contributed by atoms with Crippen LogP contribution in [0.4, 0.5) is 4.39 Å². The fraction of sp³-hybridized carbons (Fsp3) is 0.446. The zero-order valence-electron chi connectivity index (χ0n) is 44.0. The summed E-state index contributed by atoms with van der Waals surface area (Å²) >= 11 is 0. The number of nitrogens with one attached hydrogen (secondary N) is 6. The van der Waals surface area contributed by atoms with E-state index in [-0.39, 0.29) is 81.1 Å². The molecule has 2 aliphatic carbocycles. The maximum absolute atomic E-state index is 15.5. The van der Waals surface area contributed by atoms with Gasteiger partial charge in [-0.05, 0) is 73.8 Å². The third-order valence-electron chi connectivity index (χ3n) is 15.6. The number of unbranched alkanes of at least 4 members (excludes halogenated alkanes) is 2. The highest BCUT2D eigenvalue weighted by Gasteiger charge is 2.55. The maximum Gasteiger partial charge on any atom is 0.343 e. The number of ether oxygens (including phenoxy) is 2. The van der Waals surface area contributed by atoms with Gasteiger partial charge in [0.15, 0.2) is 5.60 Å². The first kappa shape index (κ1) is 55.6. The Kier molecular flexibility index (Phi) is 16.2. The van der Waals surface area contributed by atoms with Crippen LogP contribution in [-0.4, -0.2) is 118 Å². The average molecular weight is 1090 g/mol. The number of carbonyl (C=O) groups is 9. The molecular weight excluding hydrogens is 1030 g/mol. The summed E-state index contributed by atoms with van der Waals surface area (Å²) in [5.41, 5.74) is 1.74. The molecule has 8 amide bonds. The van der Waals surface area contributed by atoms with E-state index in [0.29, 0.717) is 77.5 Å². The van der Waals surface area contributed by atoms with E-state index in [1.165, 1.54) is 22.8 Å². The van der Waals surface area contributed by atoms with E-state index in [2.05, 4.69) is 31.9 Å². The third-order valence-corrected chi connectivity index (χ3v) is 15.6. The van der Waals surface area contributed by atoms with Gasteiger partial charge in [-0.25, -0.2) is 14.2 Å². The molecule has 4 aromatic rings. The number of aliphatic hydroxyl groups is 1. The van der Waals surface area contributed by atoms with Crippen LogP contribution >= 0.6 is 0 Å². The van der Waals surface area contributed by atoms with Crippen LogP contribution in [0, 0.1) is 24.1 Å². The van der Waals surface area contributed by atoms with Crippen molar-refractivity contribution in [3.63, 3.8) is 0 Å². The minimum atomic E-state index is -2.04. The van der Waals surface area contributed by atoms with E-state index in [0.717, 1.165) is 16.0 Å². The Morgan fingerprint density at radius 2 is 1.59 bits per heavy atom. The Hall–Kier alpha value is -8.18. The molecule has 5 heterocycles. The highest BCUT2D eigenvalue weighted by atomic mass is 19.1. The fourth-order valence-electron chi connectivity index (χ4n) is 10.9. The number of imide groups is 1. The van der Waals surface area contributed by atoms with Crippen LogP contribution in [0.25, 0.3) is 22.3 Å². The topological polar surface area (TPSA) is 303 Å². The molecule has 23 heteroatoms. The molecule has 0 spiro atoms. The largest absolute Gasteiger partial charge is 0.458 e. The van der Waals surface area contributed by atoms with Gasteiger partial charge >= 0.3 is 5.97 Å². The summed E-state index contributed by atoms with van der Waals surface area (Å²) in [6, 6.07) is 10.1. The molecule has 2 aromatic carbocycles. The van der Waals surface area contributed by atoms with Gasteiger partial charge in [0.1, 0.15) is 25.2 Å². The van der Waals surface area contributed by atoms with E-state index < -0.39 is 95.5 Å². The number of carbonyl (C=O) groups excluding carboxylic acids is 9. The summed E-state index contributed by atoms with van der Waals surface area (Å²) in [5, 5.41) is 28.0. The first-order valence-corrected chi connectivity index (χ1v) is 26.4. The van der Waals surface area contributed by atoms with Crippen molar-refractivity contribution >= 4 is 64.1 Å². The minimum Gasteiger partial charge on any atom is -0.458 e. The van der Waals surface area contributed by atoms with Gasteiger partial charge in [-0.1, -0.05) is 50.6 Å². The van der Waals surface area contributed by atoms with Crippen LogP contribution in [0.3, 0.4) is 0 Å². The Morgan fingerprint density at radius 1 is 0.886 bits per heavy atom. The molecule has 1 saturated carbocycles. The third kappa shape index (κ3) is 11.7. The van der Waals surface area contributed by atoms with Crippen molar-refractivity contribution in [2.24, 2.45) is 11.3 Å². The zero-order chi connectivity index (χ0) is 56.3. The molecule has 416 valence electrons. The molecule has 0 unspecified atom stereocenters. The fourth-order valence-corrected chi connectivity index (χ4v) is 10.9. The molecule has 5 aliphatic rings. The van der Waals surface area contributed by atoms with Gasteiger partial charge in [0.25, 0.3) is 17.4 Å². The SMILES string of the molecule is CC[C@@]1(O)C(=O)OCc2c1cc1n(c2=O)Cc2c-1nc1cc(F)c(C)c3c1c2[C@@H](NC(=O)[C@H]1C[C@]1(C)COCNC(=O)CNC(=O)[C@H](Cc1ccccc1)NC(=O)CNC(=O)CNC(=O)CCCCCN1C(=O)C=CC1=O)CC3. The summed E-state index contributed by atoms with van der Waals surface area (Å²) in [6.07, 6.45) is 5.52. The number of halogens is 1. The smallest absolute Gasteiger partial charge is 0.343 e. The minimum absolute atomic E-state index is 0.0332. The van der Waals surface area contributed by atoms with Crippen LogP contribution in [0.5, 0.6) is 0 Å². The van der Waals surface area contributed by atoms with Gasteiger partial charge in [-0.2, -0.15) is 0 Å². The first-order valence-electron chi connectivity index (χ1n) is 26.4. The number of nitrogens with zero attached hydrogens (tertiary/aromatic N) is 3. The second-order valence-corrected chi connectivity index (χ2v) is 21.0. The molecule has 0 radical (unpaired) electrons. The number of amides is 8. The van der Waals surface area contributed by atoms with Crippen molar-refractivity contribution < 1.29 is 62.1 Å². The maximum atomic E-state index is 15.5. The summed E-state index contributed by atoms with van der Waals surface area (Å²) in [4.78, 5) is 134. The number of esters is 1. The van der Waals surface area contributed by atoms with Gasteiger partial charge in [-0.15, -0.1) is 0 Å². The van der Waals surface area contributed by atoms with Crippen molar-refractivity contribution in [3.05, 3.63) is 110 Å². The summed E-state index contributed by atoms with van der Waals surface area (Å²) in [5.74, 6) is -5.69. The van der Waals surface area contributed by atoms with Crippen LogP contribution < -0.4 is 37.5 Å². The van der Waals surface area contributed by atoms with Crippen molar-refractivity contribution in [1.82, 2.24) is 46.4 Å². The lowest BCUT2D eigenvalue weighted by molar-refractivity contribution is -0.172. The number of hydrogen-bond donors (Lipinski definition) is 7. The Bertz CT molecular complexity index is 3270. The summed E-state index contributed by atoms with van der Waals surface area (Å²) in [6.45, 7) is 3.78. The van der Waals surface area contributed by atoms with E-state index >= 15 is 4.39 Å². The van der Waals surface area contributed by atoms with Crippen molar-refractivity contribution in [1.29, 1.82) is 0 Å². The van der Waals surface area contributed by atoms with Crippen LogP contribution in [0.1, 0.15) is 104 Å². The number of cyclic esters (lactones) is 1. The number of hydrogen-bond acceptors (Lipinski definition) is 14. The number of fused-ring (bicyclic) bond motifs is 5. The zero-order valence-corrected chi connectivity index (χ0v) is 44.0. The second kappa shape index (κ2) is 23.0. The lowest BCUT2D eigenvalue weighted by Crippen LogP contribution is -2.52. The van der Waals surface area contributed by atoms with Gasteiger partial charge in [0, 0.05) is 65.5 Å². The molecule has 2 aromatic heterocycles. The monoisotopic (exact) mass is 1090 g/mol. The Morgan fingerprint density at radius 3 is 2.34 bits per heavy atom. The van der Waals surface area contributed by atoms with Gasteiger partial charge in [0.05, 0.1) is 61.3 Å². The molecule has 7 N–H and O–H groups in total. The summed E-state index contributed by atoms with van der Waals surface area (Å²) in [7, 11) is 0. The first-order chi connectivity index (χ1) is 37.8. The van der Waals surface area contributed by atoms with E-state index in [1.807, 2.05) is 6.92 Å². The highest BCUT2D eigenvalue weighted by Crippen LogP contribution is 2.53. The Labute approximate surface area is 452 Å². The lowest BCUT2D eigenvalue weighted by atomic mass is 9.81. The molecule has 5 atom stereocenters. The van der Waals surface area contributed by atoms with Crippen molar-refractivity contribution in [2.75, 3.05) is 39.5 Å². The van der Waals surface area contributed by atoms with Gasteiger partial charge in [0.2, 0.25) is 35.4 Å². The van der Waals surface area contributed by atoms with E-state index in [1.54, 1.807) is 50.2 Å². The number of benzene rings is 2. The normalized spacial score (nSPS) is 20.6. The van der Waals surface area contributed by atoms with E-state index in [4.69, 9.17) is 14.5 Å². The summed E-state index contributed by atoms with van der Waals surface area (Å²) < 4.78 is 28.0. The number of pyridine rings is 2. The second-order valence-electron chi connectivity index (χ2n) is 21.0. The molecule has 3 aliphatic heterocycles. The number of rotatable bonds is 23. The number of aromatic nitrogens is 2. The number of aryl methyl sites for hydroxylation is 1. The van der Waals surface area contributed by atoms with Crippen molar-refractivity contribution in [2.45, 2.75) is 109 Å².